The van der Waals surface area contributed by atoms with Crippen LogP contribution >= 0.6 is 0 Å². The van der Waals surface area contributed by atoms with Crippen LogP contribution in [-0.4, -0.2) is 120 Å². The minimum Gasteiger partial charge on any atom is -0.489 e. The number of rotatable bonds is 3. The summed E-state index contributed by atoms with van der Waals surface area (Å²) >= 11 is 0. The molecule has 0 aromatic heterocycles. The average Bonchev–Trinajstić information content (AvgIpc) is 3.35. The number of piperidine rings is 1. The van der Waals surface area contributed by atoms with Crippen molar-refractivity contribution in [3.05, 3.63) is 22.7 Å². The van der Waals surface area contributed by atoms with E-state index in [1.54, 1.807) is 0 Å². The van der Waals surface area contributed by atoms with Gasteiger partial charge < -0.3 is 24.4 Å². The van der Waals surface area contributed by atoms with E-state index in [1.165, 1.54) is 14.2 Å². The Morgan fingerprint density at radius 3 is 2.42 bits per heavy atom. The minimum atomic E-state index is -0.869. The molecule has 8 unspecified atom stereocenters. The quantitative estimate of drug-likeness (QED) is 0.487. The molecule has 0 aromatic carbocycles. The van der Waals surface area contributed by atoms with E-state index >= 15 is 0 Å². The van der Waals surface area contributed by atoms with Crippen molar-refractivity contribution in [3.63, 3.8) is 0 Å². The lowest BCUT2D eigenvalue weighted by Gasteiger charge is -2.61. The first-order valence-corrected chi connectivity index (χ1v) is 10.8. The molecule has 31 heavy (non-hydrogen) atoms. The van der Waals surface area contributed by atoms with E-state index in [-0.39, 0.29) is 54.0 Å². The van der Waals surface area contributed by atoms with Gasteiger partial charge in [0, 0.05) is 41.7 Å². The lowest BCUT2D eigenvalue weighted by atomic mass is 9.70. The zero-order valence-electron chi connectivity index (χ0n) is 17.7. The molecule has 2 bridgehead atoms. The molecule has 6 rings (SSSR count). The van der Waals surface area contributed by atoms with Crippen molar-refractivity contribution >= 4 is 11.6 Å². The third kappa shape index (κ3) is 2.18. The highest BCUT2D eigenvalue weighted by Gasteiger charge is 2.69. The number of carbonyl (C=O) groups excluding carboxylic acids is 2. The second-order valence-corrected chi connectivity index (χ2v) is 9.17. The van der Waals surface area contributed by atoms with Gasteiger partial charge in [0.15, 0.2) is 0 Å². The lowest BCUT2D eigenvalue weighted by molar-refractivity contribution is -0.187. The zero-order chi connectivity index (χ0) is 21.8. The number of ether oxygens (including phenoxy) is 3. The Bertz CT molecular complexity index is 932. The van der Waals surface area contributed by atoms with E-state index < -0.39 is 29.9 Å². The van der Waals surface area contributed by atoms with Crippen molar-refractivity contribution in [2.45, 2.75) is 49.1 Å². The zero-order valence-corrected chi connectivity index (χ0v) is 17.7. The third-order valence-electron chi connectivity index (χ3n) is 8.27. The second kappa shape index (κ2) is 6.60. The standard InChI is InChI=1S/C21H27N3O7/c1-22-9-6-8-13(22)15-14(23-4-5-31-21(8)23)12-11(10(7-25)24(15)20(9)28)16(26)18(29-2)19(30-3)17(12)27/h8-10,13-15,20-21,25,28H,4-7H2,1-3H3. The Kier molecular flexibility index (Phi) is 4.22. The molecule has 2 N–H and O–H groups in total. The molecule has 10 nitrogen and oxygen atoms in total. The summed E-state index contributed by atoms with van der Waals surface area (Å²) in [7, 11) is 4.68. The lowest BCUT2D eigenvalue weighted by Crippen LogP contribution is -2.78. The van der Waals surface area contributed by atoms with Crippen LogP contribution in [0.15, 0.2) is 22.7 Å². The Hall–Kier alpha value is -1.82. The molecule has 5 heterocycles. The van der Waals surface area contributed by atoms with Gasteiger partial charge >= 0.3 is 0 Å². The van der Waals surface area contributed by atoms with Gasteiger partial charge in [-0.15, -0.1) is 0 Å². The van der Waals surface area contributed by atoms with Gasteiger partial charge in [0.05, 0.1) is 39.5 Å². The molecule has 0 spiro atoms. The predicted molar refractivity (Wildman–Crippen MR) is 104 cm³/mol. The second-order valence-electron chi connectivity index (χ2n) is 9.17. The molecular weight excluding hydrogens is 406 g/mol. The molecule has 1 aliphatic carbocycles. The van der Waals surface area contributed by atoms with Crippen LogP contribution in [-0.2, 0) is 23.8 Å². The van der Waals surface area contributed by atoms with E-state index in [9.17, 15) is 19.8 Å². The number of ketones is 2. The summed E-state index contributed by atoms with van der Waals surface area (Å²) in [5.74, 6) is -0.940. The predicted octanol–water partition coefficient (Wildman–Crippen LogP) is -1.95. The van der Waals surface area contributed by atoms with Gasteiger partial charge in [-0.3, -0.25) is 24.3 Å². The minimum absolute atomic E-state index is 0.0440. The van der Waals surface area contributed by atoms with Gasteiger partial charge in [0.25, 0.3) is 0 Å². The maximum atomic E-state index is 13.7. The number of nitrogens with zero attached hydrogens (tertiary/aromatic N) is 3. The first-order valence-electron chi connectivity index (χ1n) is 10.8. The van der Waals surface area contributed by atoms with E-state index in [0.717, 1.165) is 6.42 Å². The Morgan fingerprint density at radius 2 is 1.77 bits per heavy atom. The van der Waals surface area contributed by atoms with Crippen LogP contribution in [0.3, 0.4) is 0 Å². The fourth-order valence-corrected chi connectivity index (χ4v) is 7.24. The molecule has 10 heteroatoms. The molecule has 0 aromatic rings. The van der Waals surface area contributed by atoms with Crippen LogP contribution in [0.5, 0.6) is 0 Å². The Labute approximate surface area is 179 Å². The molecular formula is C21H27N3O7. The Balaban J connectivity index is 1.61. The number of allylic oxidation sites excluding steroid dienone is 2. The number of hydrogen-bond donors (Lipinski definition) is 2. The fraction of sp³-hybridized carbons (Fsp3) is 0.714. The maximum Gasteiger partial charge on any atom is 0.229 e. The number of likely N-dealkylation sites (N-methyl/N-ethyl adjacent to an activating group) is 1. The molecule has 6 aliphatic rings. The molecule has 4 fully saturated rings. The van der Waals surface area contributed by atoms with Crippen LogP contribution in [0.1, 0.15) is 6.42 Å². The molecule has 0 radical (unpaired) electrons. The van der Waals surface area contributed by atoms with Crippen molar-refractivity contribution in [2.75, 3.05) is 41.0 Å². The summed E-state index contributed by atoms with van der Waals surface area (Å²) in [6.07, 6.45) is -0.280. The number of Topliss-reactive ketones (excluding diaryl/α,β-unsaturated/α-hetero) is 2. The van der Waals surface area contributed by atoms with Gasteiger partial charge in [0.1, 0.15) is 12.5 Å². The Morgan fingerprint density at radius 1 is 1.10 bits per heavy atom. The van der Waals surface area contributed by atoms with Gasteiger partial charge in [0.2, 0.25) is 23.1 Å². The first-order chi connectivity index (χ1) is 15.0. The number of methoxy groups -OCH3 is 2. The molecule has 0 amide bonds. The number of fused-ring (bicyclic) bond motifs is 5. The summed E-state index contributed by atoms with van der Waals surface area (Å²) in [6.45, 7) is 0.808. The average molecular weight is 433 g/mol. The SMILES string of the molecule is COC1=C(OC)C(=O)C2=C(C1=O)C1C3C4C(CC(C(O)N3C2CO)N4C)C2OCCN21. The van der Waals surface area contributed by atoms with E-state index in [2.05, 4.69) is 9.80 Å². The summed E-state index contributed by atoms with van der Waals surface area (Å²) < 4.78 is 16.7. The number of hydrogen-bond acceptors (Lipinski definition) is 10. The largest absolute Gasteiger partial charge is 0.489 e. The number of aliphatic hydroxyl groups excluding tert-OH is 2. The third-order valence-corrected chi connectivity index (χ3v) is 8.27. The van der Waals surface area contributed by atoms with Crippen LogP contribution in [0, 0.1) is 5.92 Å². The fourth-order valence-electron chi connectivity index (χ4n) is 7.24. The highest BCUT2D eigenvalue weighted by atomic mass is 16.5. The number of piperazine rings is 1. The van der Waals surface area contributed by atoms with E-state index in [0.29, 0.717) is 18.7 Å². The molecule has 8 atom stereocenters. The molecule has 168 valence electrons. The number of carbonyl (C=O) groups is 2. The molecule has 4 saturated heterocycles. The van der Waals surface area contributed by atoms with Crippen molar-refractivity contribution in [1.82, 2.24) is 14.7 Å². The topological polar surface area (TPSA) is 112 Å². The maximum absolute atomic E-state index is 13.7. The number of aliphatic hydroxyl groups is 2. The highest BCUT2D eigenvalue weighted by Crippen LogP contribution is 2.54. The molecule has 5 aliphatic heterocycles. The van der Waals surface area contributed by atoms with E-state index in [1.807, 2.05) is 11.9 Å². The van der Waals surface area contributed by atoms with E-state index in [4.69, 9.17) is 14.2 Å². The van der Waals surface area contributed by atoms with Crippen LogP contribution < -0.4 is 0 Å². The van der Waals surface area contributed by atoms with Gasteiger partial charge in [-0.2, -0.15) is 0 Å². The van der Waals surface area contributed by atoms with Crippen LogP contribution in [0.2, 0.25) is 0 Å². The van der Waals surface area contributed by atoms with Gasteiger partial charge in [-0.25, -0.2) is 0 Å². The van der Waals surface area contributed by atoms with Crippen LogP contribution in [0.4, 0.5) is 0 Å². The first kappa shape index (κ1) is 19.8. The van der Waals surface area contributed by atoms with Crippen molar-refractivity contribution < 1.29 is 34.0 Å². The normalized spacial score (nSPS) is 44.7. The summed E-state index contributed by atoms with van der Waals surface area (Å²) in [5, 5.41) is 21.8. The summed E-state index contributed by atoms with van der Waals surface area (Å²) in [4.78, 5) is 33.4. The molecule has 0 saturated carbocycles. The van der Waals surface area contributed by atoms with Crippen molar-refractivity contribution in [1.29, 1.82) is 0 Å². The summed E-state index contributed by atoms with van der Waals surface area (Å²) in [6, 6.07) is -1.57. The monoisotopic (exact) mass is 433 g/mol. The van der Waals surface area contributed by atoms with Gasteiger partial charge in [-0.1, -0.05) is 0 Å². The highest BCUT2D eigenvalue weighted by molar-refractivity contribution is 6.25. The summed E-state index contributed by atoms with van der Waals surface area (Å²) in [5.41, 5.74) is 0.557. The smallest absolute Gasteiger partial charge is 0.229 e. The van der Waals surface area contributed by atoms with Crippen LogP contribution in [0.25, 0.3) is 0 Å². The van der Waals surface area contributed by atoms with Crippen molar-refractivity contribution in [3.8, 4) is 0 Å². The van der Waals surface area contributed by atoms with Gasteiger partial charge in [-0.05, 0) is 13.5 Å². The van der Waals surface area contributed by atoms with Crippen molar-refractivity contribution in [2.24, 2.45) is 5.92 Å².